The average Bonchev–Trinajstić information content (AvgIpc) is 2.15. The fraction of sp³-hybridized carbons (Fsp3) is 0.545. The van der Waals surface area contributed by atoms with Gasteiger partial charge in [0, 0.05) is 18.7 Å². The second-order valence-electron chi connectivity index (χ2n) is 4.93. The van der Waals surface area contributed by atoms with Gasteiger partial charge in [-0.05, 0) is 11.5 Å². The van der Waals surface area contributed by atoms with Crippen LogP contribution < -0.4 is 11.1 Å². The average molecular weight is 257 g/mol. The first-order valence-electron chi connectivity index (χ1n) is 5.33. The molecule has 0 aliphatic carbocycles. The second-order valence-corrected chi connectivity index (χ2v) is 5.32. The lowest BCUT2D eigenvalue weighted by atomic mass is 9.85. The molecule has 1 unspecified atom stereocenters. The van der Waals surface area contributed by atoms with Crippen LogP contribution >= 0.6 is 11.6 Å². The highest BCUT2D eigenvalue weighted by Crippen LogP contribution is 2.20. The van der Waals surface area contributed by atoms with Gasteiger partial charge in [0.05, 0.1) is 0 Å². The SMILES string of the molecule is CC(C)(C)C(N)CC(=O)Nc1nccc(Cl)n1. The van der Waals surface area contributed by atoms with E-state index in [0.717, 1.165) is 0 Å². The highest BCUT2D eigenvalue weighted by Gasteiger charge is 2.23. The molecular weight excluding hydrogens is 240 g/mol. The summed E-state index contributed by atoms with van der Waals surface area (Å²) in [5, 5.41) is 2.85. The van der Waals surface area contributed by atoms with Crippen molar-refractivity contribution in [3.8, 4) is 0 Å². The summed E-state index contributed by atoms with van der Waals surface area (Å²) in [4.78, 5) is 19.4. The highest BCUT2D eigenvalue weighted by atomic mass is 35.5. The lowest BCUT2D eigenvalue weighted by Crippen LogP contribution is -2.38. The third-order valence-electron chi connectivity index (χ3n) is 2.39. The molecule has 94 valence electrons. The first kappa shape index (κ1) is 13.9. The standard InChI is InChI=1S/C11H17ClN4O/c1-11(2,3)7(13)6-9(17)16-10-14-5-4-8(12)15-10/h4-5,7H,6,13H2,1-3H3,(H,14,15,16,17). The number of aromatic nitrogens is 2. The van der Waals surface area contributed by atoms with Crippen molar-refractivity contribution < 1.29 is 4.79 Å². The monoisotopic (exact) mass is 256 g/mol. The van der Waals surface area contributed by atoms with E-state index in [1.807, 2.05) is 20.8 Å². The van der Waals surface area contributed by atoms with E-state index in [-0.39, 0.29) is 34.9 Å². The van der Waals surface area contributed by atoms with E-state index in [4.69, 9.17) is 17.3 Å². The summed E-state index contributed by atoms with van der Waals surface area (Å²) in [6.45, 7) is 5.96. The maximum absolute atomic E-state index is 11.7. The summed E-state index contributed by atoms with van der Waals surface area (Å²) in [6, 6.07) is 1.32. The molecule has 0 aliphatic heterocycles. The first-order valence-corrected chi connectivity index (χ1v) is 5.71. The molecule has 0 bridgehead atoms. The van der Waals surface area contributed by atoms with Crippen molar-refractivity contribution in [3.05, 3.63) is 17.4 Å². The van der Waals surface area contributed by atoms with Crippen LogP contribution in [0.15, 0.2) is 12.3 Å². The van der Waals surface area contributed by atoms with E-state index in [2.05, 4.69) is 15.3 Å². The quantitative estimate of drug-likeness (QED) is 0.809. The normalized spacial score (nSPS) is 13.2. The Labute approximate surface area is 106 Å². The van der Waals surface area contributed by atoms with Crippen LogP contribution in [0.5, 0.6) is 0 Å². The minimum atomic E-state index is -0.221. The summed E-state index contributed by atoms with van der Waals surface area (Å²) < 4.78 is 0. The van der Waals surface area contributed by atoms with E-state index >= 15 is 0 Å². The molecule has 0 saturated heterocycles. The lowest BCUT2D eigenvalue weighted by molar-refractivity contribution is -0.117. The van der Waals surface area contributed by atoms with Gasteiger partial charge in [-0.25, -0.2) is 9.97 Å². The van der Waals surface area contributed by atoms with E-state index in [1.165, 1.54) is 12.3 Å². The smallest absolute Gasteiger partial charge is 0.230 e. The Morgan fingerprint density at radius 3 is 2.76 bits per heavy atom. The summed E-state index contributed by atoms with van der Waals surface area (Å²) in [5.41, 5.74) is 5.79. The van der Waals surface area contributed by atoms with Gasteiger partial charge in [0.25, 0.3) is 0 Å². The molecule has 1 rings (SSSR count). The maximum Gasteiger partial charge on any atom is 0.230 e. The van der Waals surface area contributed by atoms with Crippen molar-refractivity contribution in [1.29, 1.82) is 0 Å². The highest BCUT2D eigenvalue weighted by molar-refractivity contribution is 6.29. The maximum atomic E-state index is 11.7. The number of nitrogens with zero attached hydrogens (tertiary/aromatic N) is 2. The third kappa shape index (κ3) is 4.66. The number of carbonyl (C=O) groups excluding carboxylic acids is 1. The topological polar surface area (TPSA) is 80.9 Å². The molecule has 6 heteroatoms. The van der Waals surface area contributed by atoms with Gasteiger partial charge in [0.1, 0.15) is 5.15 Å². The van der Waals surface area contributed by atoms with Crippen molar-refractivity contribution in [3.63, 3.8) is 0 Å². The van der Waals surface area contributed by atoms with E-state index < -0.39 is 0 Å². The fourth-order valence-corrected chi connectivity index (χ4v) is 1.21. The molecule has 1 aromatic heterocycles. The molecule has 17 heavy (non-hydrogen) atoms. The van der Waals surface area contributed by atoms with Gasteiger partial charge in [-0.3, -0.25) is 10.1 Å². The van der Waals surface area contributed by atoms with Crippen LogP contribution in [0.25, 0.3) is 0 Å². The van der Waals surface area contributed by atoms with Gasteiger partial charge in [0.2, 0.25) is 11.9 Å². The number of hydrogen-bond donors (Lipinski definition) is 2. The zero-order chi connectivity index (χ0) is 13.1. The van der Waals surface area contributed by atoms with Gasteiger partial charge in [0.15, 0.2) is 0 Å². The number of rotatable bonds is 3. The molecule has 0 fully saturated rings. The molecule has 0 aliphatic rings. The van der Waals surface area contributed by atoms with E-state index in [9.17, 15) is 4.79 Å². The zero-order valence-electron chi connectivity index (χ0n) is 10.2. The number of halogens is 1. The summed E-state index contributed by atoms with van der Waals surface area (Å²) in [6.07, 6.45) is 1.70. The van der Waals surface area contributed by atoms with Crippen molar-refractivity contribution in [2.45, 2.75) is 33.2 Å². The molecule has 1 aromatic rings. The lowest BCUT2D eigenvalue weighted by Gasteiger charge is -2.26. The van der Waals surface area contributed by atoms with Crippen molar-refractivity contribution in [2.75, 3.05) is 5.32 Å². The van der Waals surface area contributed by atoms with Crippen LogP contribution in [-0.2, 0) is 4.79 Å². The Bertz CT molecular complexity index is 403. The molecular formula is C11H17ClN4O. The van der Waals surface area contributed by atoms with Crippen molar-refractivity contribution >= 4 is 23.5 Å². The number of anilines is 1. The van der Waals surface area contributed by atoms with Crippen molar-refractivity contribution in [2.24, 2.45) is 11.1 Å². The number of carbonyl (C=O) groups is 1. The number of hydrogen-bond acceptors (Lipinski definition) is 4. The predicted octanol–water partition coefficient (Wildman–Crippen LogP) is 1.83. The molecule has 5 nitrogen and oxygen atoms in total. The summed E-state index contributed by atoms with van der Waals surface area (Å²) in [7, 11) is 0. The summed E-state index contributed by atoms with van der Waals surface area (Å²) in [5.74, 6) is -0.0155. The molecule has 1 atom stereocenters. The fourth-order valence-electron chi connectivity index (χ4n) is 1.08. The minimum absolute atomic E-state index is 0.119. The molecule has 0 spiro atoms. The Morgan fingerprint density at radius 2 is 2.24 bits per heavy atom. The molecule has 3 N–H and O–H groups in total. The van der Waals surface area contributed by atoms with Gasteiger partial charge in [-0.15, -0.1) is 0 Å². The Morgan fingerprint density at radius 1 is 1.59 bits per heavy atom. The zero-order valence-corrected chi connectivity index (χ0v) is 11.0. The Hall–Kier alpha value is -1.20. The van der Waals surface area contributed by atoms with Gasteiger partial charge in [-0.1, -0.05) is 32.4 Å². The van der Waals surface area contributed by atoms with E-state index in [1.54, 1.807) is 0 Å². The van der Waals surface area contributed by atoms with E-state index in [0.29, 0.717) is 0 Å². The van der Waals surface area contributed by atoms with Crippen LogP contribution in [0.1, 0.15) is 27.2 Å². The van der Waals surface area contributed by atoms with Gasteiger partial charge in [-0.2, -0.15) is 0 Å². The third-order valence-corrected chi connectivity index (χ3v) is 2.60. The Balaban J connectivity index is 2.56. The predicted molar refractivity (Wildman–Crippen MR) is 67.7 cm³/mol. The number of nitrogens with one attached hydrogen (secondary N) is 1. The van der Waals surface area contributed by atoms with Crippen LogP contribution in [0.4, 0.5) is 5.95 Å². The molecule has 0 aromatic carbocycles. The number of amides is 1. The van der Waals surface area contributed by atoms with Crippen molar-refractivity contribution in [1.82, 2.24) is 9.97 Å². The van der Waals surface area contributed by atoms with Crippen LogP contribution in [-0.4, -0.2) is 21.9 Å². The number of nitrogens with two attached hydrogens (primary N) is 1. The first-order chi connectivity index (χ1) is 7.79. The Kier molecular flexibility index (Phi) is 4.42. The largest absolute Gasteiger partial charge is 0.327 e. The van der Waals surface area contributed by atoms with Crippen LogP contribution in [0.3, 0.4) is 0 Å². The molecule has 1 heterocycles. The van der Waals surface area contributed by atoms with Gasteiger partial charge >= 0.3 is 0 Å². The molecule has 0 radical (unpaired) electrons. The summed E-state index contributed by atoms with van der Waals surface area (Å²) >= 11 is 5.68. The second kappa shape index (κ2) is 5.42. The molecule has 0 saturated carbocycles. The molecule has 1 amide bonds. The van der Waals surface area contributed by atoms with Crippen LogP contribution in [0.2, 0.25) is 5.15 Å². The van der Waals surface area contributed by atoms with Gasteiger partial charge < -0.3 is 5.73 Å². The van der Waals surface area contributed by atoms with Crippen LogP contribution in [0, 0.1) is 5.41 Å². The minimum Gasteiger partial charge on any atom is -0.327 e.